The summed E-state index contributed by atoms with van der Waals surface area (Å²) in [6, 6.07) is 0. The lowest BCUT2D eigenvalue weighted by molar-refractivity contribution is -0.170. The SMILES string of the molecule is COCCNC(=O)C12CC3C[C@@](C)(C1)C[C@@](C)(C3)C2. The zero-order valence-electron chi connectivity index (χ0n) is 12.6. The number of nitrogens with one attached hydrogen (secondary N) is 1. The second kappa shape index (κ2) is 4.21. The third-order valence-electron chi connectivity index (χ3n) is 5.70. The van der Waals surface area contributed by atoms with Gasteiger partial charge in [-0.05, 0) is 55.3 Å². The van der Waals surface area contributed by atoms with E-state index in [1.807, 2.05) is 0 Å². The molecule has 4 aliphatic rings. The number of ether oxygens (including phenoxy) is 1. The van der Waals surface area contributed by atoms with Crippen LogP contribution in [0, 0.1) is 22.2 Å². The van der Waals surface area contributed by atoms with Crippen LogP contribution in [0.15, 0.2) is 0 Å². The van der Waals surface area contributed by atoms with Gasteiger partial charge in [-0.25, -0.2) is 0 Å². The summed E-state index contributed by atoms with van der Waals surface area (Å²) in [6.45, 7) is 6.08. The van der Waals surface area contributed by atoms with Gasteiger partial charge in [0.2, 0.25) is 5.91 Å². The molecule has 0 aliphatic heterocycles. The Morgan fingerprint density at radius 2 is 1.79 bits per heavy atom. The summed E-state index contributed by atoms with van der Waals surface area (Å²) in [4.78, 5) is 12.7. The van der Waals surface area contributed by atoms with Crippen molar-refractivity contribution < 1.29 is 9.53 Å². The topological polar surface area (TPSA) is 38.3 Å². The van der Waals surface area contributed by atoms with Gasteiger partial charge in [-0.3, -0.25) is 4.79 Å². The molecule has 0 aromatic heterocycles. The molecular weight excluding hydrogens is 238 g/mol. The first kappa shape index (κ1) is 13.4. The van der Waals surface area contributed by atoms with Gasteiger partial charge in [0.15, 0.2) is 0 Å². The molecule has 0 radical (unpaired) electrons. The lowest BCUT2D eigenvalue weighted by Gasteiger charge is -2.64. The van der Waals surface area contributed by atoms with Crippen molar-refractivity contribution >= 4 is 5.91 Å². The molecular formula is C16H27NO2. The zero-order valence-corrected chi connectivity index (χ0v) is 12.6. The second-order valence-electron chi connectivity index (χ2n) is 8.16. The molecule has 0 spiro atoms. The molecule has 0 saturated heterocycles. The molecule has 108 valence electrons. The second-order valence-corrected chi connectivity index (χ2v) is 8.16. The van der Waals surface area contributed by atoms with Crippen LogP contribution in [-0.2, 0) is 9.53 Å². The van der Waals surface area contributed by atoms with Crippen molar-refractivity contribution in [2.24, 2.45) is 22.2 Å². The van der Waals surface area contributed by atoms with E-state index in [0.29, 0.717) is 29.9 Å². The van der Waals surface area contributed by atoms with Crippen molar-refractivity contribution in [3.05, 3.63) is 0 Å². The zero-order chi connectivity index (χ0) is 13.7. The standard InChI is InChI=1S/C16H27NO2/c1-14-6-12-7-15(2,9-14)11-16(8-12,10-14)13(18)17-4-5-19-3/h12H,4-11H2,1-3H3,(H,17,18)/t12?,14-,15-,16?/m1/s1. The Bertz CT molecular complexity index is 374. The largest absolute Gasteiger partial charge is 0.383 e. The van der Waals surface area contributed by atoms with Gasteiger partial charge in [0.05, 0.1) is 12.0 Å². The van der Waals surface area contributed by atoms with Crippen molar-refractivity contribution in [3.8, 4) is 0 Å². The highest BCUT2D eigenvalue weighted by Gasteiger charge is 2.62. The molecule has 3 nitrogen and oxygen atoms in total. The van der Waals surface area contributed by atoms with Gasteiger partial charge in [-0.15, -0.1) is 0 Å². The molecule has 0 unspecified atom stereocenters. The van der Waals surface area contributed by atoms with Crippen LogP contribution in [0.3, 0.4) is 0 Å². The fraction of sp³-hybridized carbons (Fsp3) is 0.938. The molecule has 1 N–H and O–H groups in total. The third kappa shape index (κ3) is 2.20. The highest BCUT2D eigenvalue weighted by Crippen LogP contribution is 2.69. The fourth-order valence-corrected chi connectivity index (χ4v) is 6.16. The van der Waals surface area contributed by atoms with Gasteiger partial charge < -0.3 is 10.1 Å². The molecule has 0 heterocycles. The van der Waals surface area contributed by atoms with Crippen molar-refractivity contribution in [1.29, 1.82) is 0 Å². The Morgan fingerprint density at radius 3 is 2.32 bits per heavy atom. The summed E-state index contributed by atoms with van der Waals surface area (Å²) in [7, 11) is 1.68. The minimum absolute atomic E-state index is 0.0728. The van der Waals surface area contributed by atoms with Gasteiger partial charge in [0.25, 0.3) is 0 Å². The van der Waals surface area contributed by atoms with E-state index in [9.17, 15) is 4.79 Å². The van der Waals surface area contributed by atoms with Crippen LogP contribution in [0.25, 0.3) is 0 Å². The van der Waals surface area contributed by atoms with Gasteiger partial charge in [0.1, 0.15) is 0 Å². The van der Waals surface area contributed by atoms with E-state index in [-0.39, 0.29) is 5.41 Å². The summed E-state index contributed by atoms with van der Waals surface area (Å²) in [5, 5.41) is 3.11. The van der Waals surface area contributed by atoms with Crippen molar-refractivity contribution in [3.63, 3.8) is 0 Å². The van der Waals surface area contributed by atoms with E-state index in [4.69, 9.17) is 4.74 Å². The van der Waals surface area contributed by atoms with E-state index >= 15 is 0 Å². The van der Waals surface area contributed by atoms with E-state index in [1.165, 1.54) is 19.3 Å². The first-order valence-corrected chi connectivity index (χ1v) is 7.66. The molecule has 4 aliphatic carbocycles. The third-order valence-corrected chi connectivity index (χ3v) is 5.70. The molecule has 4 rings (SSSR count). The highest BCUT2D eigenvalue weighted by atomic mass is 16.5. The summed E-state index contributed by atoms with van der Waals surface area (Å²) in [5.41, 5.74) is 0.746. The Kier molecular flexibility index (Phi) is 2.97. The molecule has 19 heavy (non-hydrogen) atoms. The van der Waals surface area contributed by atoms with Crippen LogP contribution in [-0.4, -0.2) is 26.2 Å². The monoisotopic (exact) mass is 265 g/mol. The van der Waals surface area contributed by atoms with Crippen LogP contribution in [0.5, 0.6) is 0 Å². The van der Waals surface area contributed by atoms with Crippen molar-refractivity contribution in [1.82, 2.24) is 5.32 Å². The molecule has 0 aromatic rings. The first-order valence-electron chi connectivity index (χ1n) is 7.66. The Morgan fingerprint density at radius 1 is 1.16 bits per heavy atom. The summed E-state index contributed by atoms with van der Waals surface area (Å²) in [6.07, 6.45) is 7.34. The van der Waals surface area contributed by atoms with Gasteiger partial charge >= 0.3 is 0 Å². The minimum Gasteiger partial charge on any atom is -0.383 e. The summed E-state index contributed by atoms with van der Waals surface area (Å²) >= 11 is 0. The average molecular weight is 265 g/mol. The number of rotatable bonds is 4. The number of carbonyl (C=O) groups excluding carboxylic acids is 1. The number of carbonyl (C=O) groups is 1. The molecule has 1 amide bonds. The maximum Gasteiger partial charge on any atom is 0.226 e. The quantitative estimate of drug-likeness (QED) is 0.794. The van der Waals surface area contributed by atoms with Crippen molar-refractivity contribution in [2.45, 2.75) is 52.4 Å². The normalized spacial score (nSPS) is 47.4. The summed E-state index contributed by atoms with van der Waals surface area (Å²) in [5.74, 6) is 1.07. The van der Waals surface area contributed by atoms with Crippen LogP contribution < -0.4 is 5.32 Å². The van der Waals surface area contributed by atoms with E-state index in [1.54, 1.807) is 7.11 Å². The van der Waals surface area contributed by atoms with Crippen LogP contribution in [0.4, 0.5) is 0 Å². The molecule has 3 heteroatoms. The number of methoxy groups -OCH3 is 1. The smallest absolute Gasteiger partial charge is 0.226 e. The Hall–Kier alpha value is -0.570. The van der Waals surface area contributed by atoms with E-state index in [2.05, 4.69) is 19.2 Å². The van der Waals surface area contributed by atoms with E-state index in [0.717, 1.165) is 25.2 Å². The van der Waals surface area contributed by atoms with Gasteiger partial charge in [-0.1, -0.05) is 13.8 Å². The molecule has 4 bridgehead atoms. The maximum atomic E-state index is 12.7. The Balaban J connectivity index is 1.78. The van der Waals surface area contributed by atoms with Gasteiger partial charge in [-0.2, -0.15) is 0 Å². The van der Waals surface area contributed by atoms with Crippen molar-refractivity contribution in [2.75, 3.05) is 20.3 Å². The molecule has 0 aromatic carbocycles. The molecule has 2 atom stereocenters. The minimum atomic E-state index is -0.0728. The van der Waals surface area contributed by atoms with E-state index < -0.39 is 0 Å². The predicted molar refractivity (Wildman–Crippen MR) is 74.7 cm³/mol. The van der Waals surface area contributed by atoms with Crippen LogP contribution >= 0.6 is 0 Å². The lowest BCUT2D eigenvalue weighted by Crippen LogP contribution is -2.60. The fourth-order valence-electron chi connectivity index (χ4n) is 6.16. The van der Waals surface area contributed by atoms with Crippen LogP contribution in [0.1, 0.15) is 52.4 Å². The van der Waals surface area contributed by atoms with Crippen LogP contribution in [0.2, 0.25) is 0 Å². The number of hydrogen-bond acceptors (Lipinski definition) is 2. The Labute approximate surface area is 116 Å². The van der Waals surface area contributed by atoms with Gasteiger partial charge in [0, 0.05) is 13.7 Å². The molecule has 4 fully saturated rings. The number of amides is 1. The number of hydrogen-bond donors (Lipinski definition) is 1. The average Bonchev–Trinajstić information content (AvgIpc) is 2.24. The highest BCUT2D eigenvalue weighted by molar-refractivity contribution is 5.83. The first-order chi connectivity index (χ1) is 8.89. The maximum absolute atomic E-state index is 12.7. The predicted octanol–water partition coefficient (Wildman–Crippen LogP) is 2.75. The summed E-state index contributed by atoms with van der Waals surface area (Å²) < 4.78 is 5.04. The lowest BCUT2D eigenvalue weighted by atomic mass is 9.40. The molecule has 4 saturated carbocycles.